The summed E-state index contributed by atoms with van der Waals surface area (Å²) in [6.45, 7) is 1.92. The Kier molecular flexibility index (Phi) is 6.09. The normalized spacial score (nSPS) is 15.3. The van der Waals surface area contributed by atoms with Crippen molar-refractivity contribution >= 4 is 23.1 Å². The van der Waals surface area contributed by atoms with Crippen molar-refractivity contribution in [2.75, 3.05) is 10.2 Å². The molecule has 0 unspecified atom stereocenters. The van der Waals surface area contributed by atoms with Gasteiger partial charge in [-0.1, -0.05) is 66.2 Å². The first-order valence-electron chi connectivity index (χ1n) is 11.5. The third-order valence-electron chi connectivity index (χ3n) is 6.16. The Balaban J connectivity index is 1.74. The summed E-state index contributed by atoms with van der Waals surface area (Å²) in [6, 6.07) is 27.3. The van der Waals surface area contributed by atoms with Crippen molar-refractivity contribution in [3.8, 4) is 5.75 Å². The van der Waals surface area contributed by atoms with Gasteiger partial charge in [-0.15, -0.1) is 0 Å². The van der Waals surface area contributed by atoms with Crippen LogP contribution in [-0.4, -0.2) is 16.8 Å². The summed E-state index contributed by atoms with van der Waals surface area (Å²) in [4.78, 5) is 29.3. The lowest BCUT2D eigenvalue weighted by atomic mass is 9.91. The quantitative estimate of drug-likeness (QED) is 0.325. The molecule has 0 fully saturated rings. The van der Waals surface area contributed by atoms with Crippen LogP contribution >= 0.6 is 0 Å². The first kappa shape index (κ1) is 23.1. The number of halogens is 1. The number of aryl methyl sites for hydroxylation is 1. The molecule has 0 spiro atoms. The van der Waals surface area contributed by atoms with E-state index in [4.69, 9.17) is 0 Å². The highest BCUT2D eigenvalue weighted by Crippen LogP contribution is 2.43. The number of anilines is 2. The van der Waals surface area contributed by atoms with Gasteiger partial charge in [-0.05, 0) is 49.4 Å². The van der Waals surface area contributed by atoms with Gasteiger partial charge in [0.15, 0.2) is 5.78 Å². The standard InChI is InChI=1S/C30H23FN2O3/c1-19-11-13-20(14-12-19)29(35)26-27(32-21-7-3-2-4-8-21)30(36)33(22-15-17-23(34)18-16-22)28(26)24-9-5-6-10-25(24)31/h2-18,28,32,34H,1H3/t28-/m1/s1. The number of nitrogens with zero attached hydrogens (tertiary/aromatic N) is 1. The van der Waals surface area contributed by atoms with Crippen LogP contribution in [0, 0.1) is 12.7 Å². The number of phenols is 1. The van der Waals surface area contributed by atoms with Gasteiger partial charge < -0.3 is 10.4 Å². The number of phenolic OH excluding ortho intramolecular Hbond substituents is 1. The van der Waals surface area contributed by atoms with Crippen LogP contribution < -0.4 is 10.2 Å². The van der Waals surface area contributed by atoms with Gasteiger partial charge in [-0.3, -0.25) is 14.5 Å². The van der Waals surface area contributed by atoms with Crippen molar-refractivity contribution in [3.63, 3.8) is 0 Å². The lowest BCUT2D eigenvalue weighted by Crippen LogP contribution is -2.32. The minimum Gasteiger partial charge on any atom is -0.508 e. The Bertz CT molecular complexity index is 1460. The van der Waals surface area contributed by atoms with E-state index in [0.717, 1.165) is 5.56 Å². The van der Waals surface area contributed by atoms with E-state index in [-0.39, 0.29) is 28.4 Å². The summed E-state index contributed by atoms with van der Waals surface area (Å²) in [5.74, 6) is -1.36. The van der Waals surface area contributed by atoms with Crippen molar-refractivity contribution < 1.29 is 19.1 Å². The molecule has 178 valence electrons. The van der Waals surface area contributed by atoms with E-state index in [1.54, 1.807) is 54.6 Å². The van der Waals surface area contributed by atoms with Crippen LogP contribution in [0.4, 0.5) is 15.8 Å². The number of benzene rings is 4. The maximum atomic E-state index is 15.2. The van der Waals surface area contributed by atoms with E-state index < -0.39 is 17.8 Å². The predicted molar refractivity (Wildman–Crippen MR) is 137 cm³/mol. The van der Waals surface area contributed by atoms with E-state index in [0.29, 0.717) is 16.9 Å². The molecule has 0 saturated heterocycles. The number of para-hydroxylation sites is 1. The van der Waals surface area contributed by atoms with Crippen molar-refractivity contribution in [2.24, 2.45) is 0 Å². The summed E-state index contributed by atoms with van der Waals surface area (Å²) < 4.78 is 15.2. The summed E-state index contributed by atoms with van der Waals surface area (Å²) in [5.41, 5.74) is 2.84. The highest BCUT2D eigenvalue weighted by Gasteiger charge is 2.45. The number of carbonyl (C=O) groups excluding carboxylic acids is 2. The molecule has 2 N–H and O–H groups in total. The van der Waals surface area contributed by atoms with Crippen LogP contribution in [0.1, 0.15) is 27.5 Å². The first-order chi connectivity index (χ1) is 17.4. The molecule has 0 aromatic heterocycles. The first-order valence-corrected chi connectivity index (χ1v) is 11.5. The van der Waals surface area contributed by atoms with Gasteiger partial charge in [0, 0.05) is 22.5 Å². The Morgan fingerprint density at radius 1 is 0.861 bits per heavy atom. The third kappa shape index (κ3) is 4.25. The van der Waals surface area contributed by atoms with Crippen LogP contribution in [0.2, 0.25) is 0 Å². The third-order valence-corrected chi connectivity index (χ3v) is 6.16. The van der Waals surface area contributed by atoms with E-state index in [1.165, 1.54) is 23.1 Å². The molecule has 5 rings (SSSR count). The van der Waals surface area contributed by atoms with Gasteiger partial charge in [-0.2, -0.15) is 0 Å². The van der Waals surface area contributed by atoms with Crippen LogP contribution in [0.3, 0.4) is 0 Å². The Morgan fingerprint density at radius 2 is 1.50 bits per heavy atom. The van der Waals surface area contributed by atoms with Crippen LogP contribution in [0.5, 0.6) is 5.75 Å². The molecule has 0 saturated carbocycles. The van der Waals surface area contributed by atoms with Gasteiger partial charge >= 0.3 is 0 Å². The maximum Gasteiger partial charge on any atom is 0.276 e. The smallest absolute Gasteiger partial charge is 0.276 e. The number of ketones is 1. The molecule has 1 heterocycles. The molecule has 6 heteroatoms. The van der Waals surface area contributed by atoms with Crippen molar-refractivity contribution in [3.05, 3.63) is 137 Å². The Hall–Kier alpha value is -4.71. The maximum absolute atomic E-state index is 15.2. The summed E-state index contributed by atoms with van der Waals surface area (Å²) in [7, 11) is 0. The molecule has 1 aliphatic heterocycles. The Labute approximate surface area is 208 Å². The fourth-order valence-corrected chi connectivity index (χ4v) is 4.37. The Morgan fingerprint density at radius 3 is 2.17 bits per heavy atom. The van der Waals surface area contributed by atoms with Crippen molar-refractivity contribution in [1.29, 1.82) is 0 Å². The molecule has 0 radical (unpaired) electrons. The van der Waals surface area contributed by atoms with Gasteiger partial charge in [0.05, 0.1) is 11.6 Å². The molecule has 1 aliphatic rings. The molecule has 0 aliphatic carbocycles. The van der Waals surface area contributed by atoms with Gasteiger partial charge in [0.25, 0.3) is 5.91 Å². The second kappa shape index (κ2) is 9.50. The zero-order valence-corrected chi connectivity index (χ0v) is 19.5. The summed E-state index contributed by atoms with van der Waals surface area (Å²) >= 11 is 0. The molecule has 4 aromatic rings. The van der Waals surface area contributed by atoms with E-state index in [2.05, 4.69) is 5.32 Å². The molecule has 1 amide bonds. The minimum atomic E-state index is -1.02. The molecule has 0 bridgehead atoms. The summed E-state index contributed by atoms with van der Waals surface area (Å²) in [6.07, 6.45) is 0. The zero-order valence-electron chi connectivity index (χ0n) is 19.5. The molecule has 1 atom stereocenters. The van der Waals surface area contributed by atoms with Gasteiger partial charge in [0.1, 0.15) is 17.3 Å². The zero-order chi connectivity index (χ0) is 25.2. The molecular formula is C30H23FN2O3. The number of hydrogen-bond donors (Lipinski definition) is 2. The summed E-state index contributed by atoms with van der Waals surface area (Å²) in [5, 5.41) is 12.9. The van der Waals surface area contributed by atoms with Crippen LogP contribution in [0.25, 0.3) is 0 Å². The minimum absolute atomic E-state index is 0.0272. The van der Waals surface area contributed by atoms with Crippen molar-refractivity contribution in [2.45, 2.75) is 13.0 Å². The molecule has 4 aromatic carbocycles. The van der Waals surface area contributed by atoms with E-state index in [1.807, 2.05) is 37.3 Å². The molecular weight excluding hydrogens is 455 g/mol. The van der Waals surface area contributed by atoms with E-state index >= 15 is 4.39 Å². The van der Waals surface area contributed by atoms with Crippen molar-refractivity contribution in [1.82, 2.24) is 0 Å². The number of hydrogen-bond acceptors (Lipinski definition) is 4. The second-order valence-electron chi connectivity index (χ2n) is 8.59. The predicted octanol–water partition coefficient (Wildman–Crippen LogP) is 6.18. The average Bonchev–Trinajstić information content (AvgIpc) is 3.17. The second-order valence-corrected chi connectivity index (χ2v) is 8.59. The number of Topliss-reactive ketones (excluding diaryl/α,β-unsaturated/α-hetero) is 1. The molecule has 5 nitrogen and oxygen atoms in total. The average molecular weight is 479 g/mol. The van der Waals surface area contributed by atoms with Crippen LogP contribution in [-0.2, 0) is 4.79 Å². The highest BCUT2D eigenvalue weighted by atomic mass is 19.1. The van der Waals surface area contributed by atoms with E-state index in [9.17, 15) is 14.7 Å². The monoisotopic (exact) mass is 478 g/mol. The number of aromatic hydroxyl groups is 1. The highest BCUT2D eigenvalue weighted by molar-refractivity contribution is 6.23. The number of rotatable bonds is 6. The van der Waals surface area contributed by atoms with Crippen LogP contribution in [0.15, 0.2) is 114 Å². The topological polar surface area (TPSA) is 69.6 Å². The van der Waals surface area contributed by atoms with Gasteiger partial charge in [-0.25, -0.2) is 4.39 Å². The van der Waals surface area contributed by atoms with Gasteiger partial charge in [0.2, 0.25) is 0 Å². The lowest BCUT2D eigenvalue weighted by Gasteiger charge is -2.27. The molecule has 36 heavy (non-hydrogen) atoms. The largest absolute Gasteiger partial charge is 0.508 e. The SMILES string of the molecule is Cc1ccc(C(=O)C2=C(Nc3ccccc3)C(=O)N(c3ccc(O)cc3)[C@@H]2c2ccccc2F)cc1. The number of amides is 1. The number of nitrogens with one attached hydrogen (secondary N) is 1. The lowest BCUT2D eigenvalue weighted by molar-refractivity contribution is -0.114. The fourth-order valence-electron chi connectivity index (χ4n) is 4.37. The number of carbonyl (C=O) groups is 2. The fraction of sp³-hybridized carbons (Fsp3) is 0.0667.